The van der Waals surface area contributed by atoms with Crippen molar-refractivity contribution in [2.45, 2.75) is 77.4 Å². The average molecular weight is 579 g/mol. The van der Waals surface area contributed by atoms with Gasteiger partial charge in [0.15, 0.2) is 0 Å². The van der Waals surface area contributed by atoms with Gasteiger partial charge >= 0.3 is 5.69 Å². The van der Waals surface area contributed by atoms with Crippen molar-refractivity contribution in [3.63, 3.8) is 0 Å². The fourth-order valence-corrected chi connectivity index (χ4v) is 7.40. The van der Waals surface area contributed by atoms with Crippen LogP contribution in [0.4, 0.5) is 0 Å². The molecule has 0 saturated carbocycles. The number of imidazole rings is 1. The largest absolute Gasteiger partial charge is 0.336 e. The molecule has 2 fully saturated rings. The molecule has 0 radical (unpaired) electrons. The van der Waals surface area contributed by atoms with Crippen LogP contribution < -0.4 is 5.69 Å². The van der Waals surface area contributed by atoms with Crippen LogP contribution in [0.25, 0.3) is 11.0 Å². The average Bonchev–Trinajstić information content (AvgIpc) is 3.32. The Hall–Kier alpha value is -3.97. The monoisotopic (exact) mass is 578 g/mol. The van der Waals surface area contributed by atoms with Crippen LogP contribution in [0.2, 0.25) is 0 Å². The van der Waals surface area contributed by atoms with Gasteiger partial charge in [-0.3, -0.25) is 14.2 Å². The molecule has 2 aliphatic rings. The smallest absolute Gasteiger partial charge is 0.335 e. The van der Waals surface area contributed by atoms with E-state index in [4.69, 9.17) is 0 Å². The summed E-state index contributed by atoms with van der Waals surface area (Å²) in [5.41, 5.74) is 5.58. The minimum atomic E-state index is -0.215. The summed E-state index contributed by atoms with van der Waals surface area (Å²) < 4.78 is 3.22. The third kappa shape index (κ3) is 5.83. The van der Waals surface area contributed by atoms with E-state index in [2.05, 4.69) is 54.0 Å². The van der Waals surface area contributed by atoms with Crippen molar-refractivity contribution < 1.29 is 9.59 Å². The second-order valence-electron chi connectivity index (χ2n) is 12.4. The Morgan fingerprint density at radius 3 is 2.09 bits per heavy atom. The van der Waals surface area contributed by atoms with E-state index in [9.17, 15) is 14.4 Å². The number of carbonyl (C=O) groups excluding carboxylic acids is 2. The van der Waals surface area contributed by atoms with Crippen LogP contribution in [0.5, 0.6) is 0 Å². The summed E-state index contributed by atoms with van der Waals surface area (Å²) in [7, 11) is 0. The second kappa shape index (κ2) is 12.3. The molecule has 6 rings (SSSR count). The molecule has 4 aromatic rings. The summed E-state index contributed by atoms with van der Waals surface area (Å²) in [6, 6.07) is 24.9. The normalized spacial score (nSPS) is 20.0. The van der Waals surface area contributed by atoms with Crippen LogP contribution in [-0.4, -0.2) is 62.5 Å². The lowest BCUT2D eigenvalue weighted by molar-refractivity contribution is 0.0360. The number of hydrogen-bond acceptors (Lipinski definition) is 4. The van der Waals surface area contributed by atoms with E-state index >= 15 is 0 Å². The summed E-state index contributed by atoms with van der Waals surface area (Å²) in [4.78, 5) is 44.7. The maximum absolute atomic E-state index is 13.9. The molecule has 0 unspecified atom stereocenters. The molecule has 0 bridgehead atoms. The second-order valence-corrected chi connectivity index (χ2v) is 12.4. The molecule has 7 heteroatoms. The molecule has 43 heavy (non-hydrogen) atoms. The lowest BCUT2D eigenvalue weighted by Crippen LogP contribution is -2.54. The summed E-state index contributed by atoms with van der Waals surface area (Å²) >= 11 is 0. The van der Waals surface area contributed by atoms with E-state index in [1.165, 1.54) is 10.1 Å². The van der Waals surface area contributed by atoms with Crippen LogP contribution in [0.1, 0.15) is 76.9 Å². The molecule has 1 aromatic heterocycles. The third-order valence-corrected chi connectivity index (χ3v) is 9.44. The maximum Gasteiger partial charge on any atom is 0.336 e. The number of aryl methyl sites for hydroxylation is 2. The number of carbonyl (C=O) groups is 2. The van der Waals surface area contributed by atoms with Gasteiger partial charge in [0.2, 0.25) is 5.91 Å². The maximum atomic E-state index is 13.9. The summed E-state index contributed by atoms with van der Waals surface area (Å²) in [6.45, 7) is 8.42. The number of para-hydroxylation sites is 2. The minimum Gasteiger partial charge on any atom is -0.335 e. The first kappa shape index (κ1) is 29.1. The molecule has 224 valence electrons. The summed E-state index contributed by atoms with van der Waals surface area (Å²) in [6.07, 6.45) is 4.72. The molecule has 3 heterocycles. The highest BCUT2D eigenvalue weighted by Crippen LogP contribution is 2.32. The number of fused-ring (bicyclic) bond motifs is 1. The number of benzene rings is 3. The van der Waals surface area contributed by atoms with E-state index in [1.807, 2.05) is 47.0 Å². The Morgan fingerprint density at radius 2 is 1.42 bits per heavy atom. The molecule has 7 nitrogen and oxygen atoms in total. The third-order valence-electron chi connectivity index (χ3n) is 9.44. The topological polar surface area (TPSA) is 67.6 Å². The van der Waals surface area contributed by atoms with E-state index in [1.54, 1.807) is 6.92 Å². The van der Waals surface area contributed by atoms with Gasteiger partial charge in [0.05, 0.1) is 11.0 Å². The molecule has 0 spiro atoms. The number of aromatic nitrogens is 2. The van der Waals surface area contributed by atoms with E-state index < -0.39 is 0 Å². The lowest BCUT2D eigenvalue weighted by atomic mass is 9.89. The predicted octanol–water partition coefficient (Wildman–Crippen LogP) is 6.02. The molecule has 0 N–H and O–H groups in total. The SMILES string of the molecule is CCC(=O)n1c(=O)n(C2CCN([C@@H]3CCN(C(=O)c4cc(C)cc(C)c4)[C@H](Cc4ccccc4)C3)CC2)c2ccccc21. The Kier molecular flexibility index (Phi) is 8.35. The number of likely N-dealkylation sites (tertiary alicyclic amines) is 2. The van der Waals surface area contributed by atoms with Gasteiger partial charge in [0.25, 0.3) is 5.91 Å². The zero-order valence-corrected chi connectivity index (χ0v) is 25.5. The number of nitrogens with zero attached hydrogens (tertiary/aromatic N) is 4. The fourth-order valence-electron chi connectivity index (χ4n) is 7.40. The number of amides is 1. The standard InChI is InChI=1S/C36H42N4O3/c1-4-34(41)40-33-13-9-8-12-32(33)39(36(40)43)29-14-17-37(18-15-29)30-16-19-38(31(24-30)23-27-10-6-5-7-11-27)35(42)28-21-25(2)20-26(3)22-28/h5-13,20-22,29-31H,4,14-19,23-24H2,1-3H3/t30-,31-/m1/s1. The minimum absolute atomic E-state index is 0.0610. The summed E-state index contributed by atoms with van der Waals surface area (Å²) in [5, 5.41) is 0. The van der Waals surface area contributed by atoms with Crippen LogP contribution in [0, 0.1) is 13.8 Å². The van der Waals surface area contributed by atoms with Gasteiger partial charge in [-0.25, -0.2) is 9.36 Å². The molecule has 1 amide bonds. The molecule has 3 aromatic carbocycles. The van der Waals surface area contributed by atoms with Crippen molar-refractivity contribution in [2.24, 2.45) is 0 Å². The molecular formula is C36H42N4O3. The Morgan fingerprint density at radius 1 is 0.791 bits per heavy atom. The van der Waals surface area contributed by atoms with Crippen LogP contribution in [-0.2, 0) is 6.42 Å². The summed E-state index contributed by atoms with van der Waals surface area (Å²) in [5.74, 6) is -0.0359. The van der Waals surface area contributed by atoms with Gasteiger partial charge in [0.1, 0.15) is 0 Å². The van der Waals surface area contributed by atoms with Gasteiger partial charge in [-0.05, 0) is 75.8 Å². The highest BCUT2D eigenvalue weighted by Gasteiger charge is 2.36. The van der Waals surface area contributed by atoms with Crippen molar-refractivity contribution in [1.82, 2.24) is 18.9 Å². The van der Waals surface area contributed by atoms with Crippen LogP contribution >= 0.6 is 0 Å². The zero-order chi connectivity index (χ0) is 30.1. The highest BCUT2D eigenvalue weighted by molar-refractivity contribution is 5.95. The number of rotatable bonds is 6. The Bertz CT molecular complexity index is 1660. The van der Waals surface area contributed by atoms with Gasteiger partial charge in [-0.2, -0.15) is 0 Å². The molecule has 2 saturated heterocycles. The Balaban J connectivity index is 1.20. The number of hydrogen-bond donors (Lipinski definition) is 0. The van der Waals surface area contributed by atoms with Gasteiger partial charge in [-0.15, -0.1) is 0 Å². The zero-order valence-electron chi connectivity index (χ0n) is 25.5. The molecule has 0 aliphatic carbocycles. The van der Waals surface area contributed by atoms with Crippen molar-refractivity contribution >= 4 is 22.8 Å². The highest BCUT2D eigenvalue weighted by atomic mass is 16.2. The first-order valence-corrected chi connectivity index (χ1v) is 15.8. The van der Waals surface area contributed by atoms with Crippen molar-refractivity contribution in [1.29, 1.82) is 0 Å². The predicted molar refractivity (Wildman–Crippen MR) is 171 cm³/mol. The van der Waals surface area contributed by atoms with Gasteiger partial charge < -0.3 is 9.80 Å². The molecule has 2 atom stereocenters. The fraction of sp³-hybridized carbons (Fsp3) is 0.417. The quantitative estimate of drug-likeness (QED) is 0.281. The van der Waals surface area contributed by atoms with Crippen molar-refractivity contribution in [3.05, 3.63) is 106 Å². The first-order valence-electron chi connectivity index (χ1n) is 15.8. The molecule has 2 aliphatic heterocycles. The van der Waals surface area contributed by atoms with Gasteiger partial charge in [0, 0.05) is 49.7 Å². The first-order chi connectivity index (χ1) is 20.8. The Labute approximate surface area is 253 Å². The van der Waals surface area contributed by atoms with E-state index in [-0.39, 0.29) is 29.6 Å². The van der Waals surface area contributed by atoms with Crippen molar-refractivity contribution in [2.75, 3.05) is 19.6 Å². The molecular weight excluding hydrogens is 536 g/mol. The van der Waals surface area contributed by atoms with Crippen LogP contribution in [0.3, 0.4) is 0 Å². The number of piperidine rings is 2. The van der Waals surface area contributed by atoms with Gasteiger partial charge in [-0.1, -0.05) is 66.6 Å². The van der Waals surface area contributed by atoms with Crippen LogP contribution in [0.15, 0.2) is 77.6 Å². The van der Waals surface area contributed by atoms with Crippen molar-refractivity contribution in [3.8, 4) is 0 Å². The van der Waals surface area contributed by atoms with E-state index in [0.29, 0.717) is 18.0 Å². The van der Waals surface area contributed by atoms with E-state index in [0.717, 1.165) is 73.9 Å². The lowest BCUT2D eigenvalue weighted by Gasteiger charge is -2.45.